The molecular formula is C13H20N6. The van der Waals surface area contributed by atoms with Crippen molar-refractivity contribution in [3.05, 3.63) is 24.5 Å². The first kappa shape index (κ1) is 12.2. The summed E-state index contributed by atoms with van der Waals surface area (Å²) < 4.78 is 4.23. The average molecular weight is 260 g/mol. The molecule has 6 heteroatoms. The molecule has 0 unspecified atom stereocenters. The molecule has 1 fully saturated rings. The second-order valence-electron chi connectivity index (χ2n) is 5.13. The fourth-order valence-electron chi connectivity index (χ4n) is 2.75. The van der Waals surface area contributed by atoms with Gasteiger partial charge in [-0.1, -0.05) is 12.8 Å². The molecule has 0 radical (unpaired) electrons. The molecule has 0 aromatic carbocycles. The van der Waals surface area contributed by atoms with E-state index in [1.807, 2.05) is 17.8 Å². The number of imidazole rings is 1. The molecule has 2 aromatic rings. The maximum Gasteiger partial charge on any atom is 0.203 e. The van der Waals surface area contributed by atoms with Gasteiger partial charge in [0.1, 0.15) is 12.2 Å². The zero-order valence-electron chi connectivity index (χ0n) is 11.3. The van der Waals surface area contributed by atoms with Gasteiger partial charge in [0.05, 0.1) is 0 Å². The topological polar surface area (TPSA) is 60.6 Å². The highest BCUT2D eigenvalue weighted by molar-refractivity contribution is 5.27. The third-order valence-electron chi connectivity index (χ3n) is 3.82. The summed E-state index contributed by atoms with van der Waals surface area (Å²) in [4.78, 5) is 4.41. The largest absolute Gasteiger partial charge is 0.355 e. The fraction of sp³-hybridized carbons (Fsp3) is 0.615. The summed E-state index contributed by atoms with van der Waals surface area (Å²) in [5.74, 6) is 1.97. The third kappa shape index (κ3) is 2.62. The van der Waals surface area contributed by atoms with Crippen LogP contribution >= 0.6 is 0 Å². The summed E-state index contributed by atoms with van der Waals surface area (Å²) in [6.07, 6.45) is 11.8. The Bertz CT molecular complexity index is 523. The Morgan fingerprint density at radius 1 is 1.37 bits per heavy atom. The van der Waals surface area contributed by atoms with E-state index in [0.717, 1.165) is 24.7 Å². The van der Waals surface area contributed by atoms with Crippen LogP contribution < -0.4 is 5.32 Å². The van der Waals surface area contributed by atoms with E-state index < -0.39 is 0 Å². The Balaban J connectivity index is 1.58. The molecule has 19 heavy (non-hydrogen) atoms. The average Bonchev–Trinajstić information content (AvgIpc) is 3.11. The van der Waals surface area contributed by atoms with Crippen molar-refractivity contribution in [1.82, 2.24) is 24.3 Å². The maximum absolute atomic E-state index is 4.41. The monoisotopic (exact) mass is 260 g/mol. The standard InChI is InChI=1S/C13H20N6/c1-18-10-16-17-12(18)6-7-14-13-15-8-9-19(13)11-4-2-3-5-11/h8-11H,2-7H2,1H3,(H,14,15). The SMILES string of the molecule is Cn1cnnc1CCNc1nccn1C1CCCC1. The van der Waals surface area contributed by atoms with Crippen LogP contribution in [0.5, 0.6) is 0 Å². The van der Waals surface area contributed by atoms with Crippen molar-refractivity contribution >= 4 is 5.95 Å². The summed E-state index contributed by atoms with van der Waals surface area (Å²) in [6, 6.07) is 0.625. The zero-order valence-corrected chi connectivity index (χ0v) is 11.3. The van der Waals surface area contributed by atoms with Crippen LogP contribution in [0, 0.1) is 0 Å². The third-order valence-corrected chi connectivity index (χ3v) is 3.82. The molecular weight excluding hydrogens is 240 g/mol. The molecule has 1 aliphatic rings. The number of aromatic nitrogens is 5. The fourth-order valence-corrected chi connectivity index (χ4v) is 2.75. The minimum absolute atomic E-state index is 0.625. The van der Waals surface area contributed by atoms with Crippen molar-refractivity contribution in [2.45, 2.75) is 38.1 Å². The lowest BCUT2D eigenvalue weighted by Gasteiger charge is -2.15. The van der Waals surface area contributed by atoms with Crippen molar-refractivity contribution in [2.24, 2.45) is 7.05 Å². The van der Waals surface area contributed by atoms with Crippen LogP contribution in [-0.4, -0.2) is 30.9 Å². The van der Waals surface area contributed by atoms with Gasteiger partial charge in [-0.25, -0.2) is 4.98 Å². The van der Waals surface area contributed by atoms with E-state index in [-0.39, 0.29) is 0 Å². The lowest BCUT2D eigenvalue weighted by atomic mass is 10.2. The maximum atomic E-state index is 4.41. The molecule has 6 nitrogen and oxygen atoms in total. The van der Waals surface area contributed by atoms with E-state index >= 15 is 0 Å². The van der Waals surface area contributed by atoms with Gasteiger partial charge in [-0.15, -0.1) is 10.2 Å². The van der Waals surface area contributed by atoms with E-state index in [4.69, 9.17) is 0 Å². The van der Waals surface area contributed by atoms with Crippen LogP contribution in [0.1, 0.15) is 37.5 Å². The van der Waals surface area contributed by atoms with Crippen LogP contribution in [0.4, 0.5) is 5.95 Å². The van der Waals surface area contributed by atoms with Gasteiger partial charge in [0.25, 0.3) is 0 Å². The van der Waals surface area contributed by atoms with Crippen LogP contribution in [0.15, 0.2) is 18.7 Å². The van der Waals surface area contributed by atoms with Crippen molar-refractivity contribution in [3.8, 4) is 0 Å². The van der Waals surface area contributed by atoms with Crippen molar-refractivity contribution in [3.63, 3.8) is 0 Å². The zero-order chi connectivity index (χ0) is 13.1. The van der Waals surface area contributed by atoms with Crippen LogP contribution in [-0.2, 0) is 13.5 Å². The number of aryl methyl sites for hydroxylation is 1. The molecule has 2 aromatic heterocycles. The molecule has 0 atom stereocenters. The second-order valence-corrected chi connectivity index (χ2v) is 5.13. The highest BCUT2D eigenvalue weighted by Gasteiger charge is 2.18. The van der Waals surface area contributed by atoms with Gasteiger partial charge in [0.15, 0.2) is 0 Å². The second kappa shape index (κ2) is 5.42. The smallest absolute Gasteiger partial charge is 0.203 e. The Kier molecular flexibility index (Phi) is 3.48. The summed E-state index contributed by atoms with van der Waals surface area (Å²) in [7, 11) is 1.97. The summed E-state index contributed by atoms with van der Waals surface area (Å²) in [6.45, 7) is 0.830. The van der Waals surface area contributed by atoms with Gasteiger partial charge >= 0.3 is 0 Å². The molecule has 102 valence electrons. The Hall–Kier alpha value is -1.85. The summed E-state index contributed by atoms with van der Waals surface area (Å²) in [5, 5.41) is 11.4. The number of rotatable bonds is 5. The van der Waals surface area contributed by atoms with Crippen LogP contribution in [0.2, 0.25) is 0 Å². The van der Waals surface area contributed by atoms with Gasteiger partial charge in [0.2, 0.25) is 5.95 Å². The first-order valence-electron chi connectivity index (χ1n) is 6.94. The Morgan fingerprint density at radius 3 is 2.95 bits per heavy atom. The Morgan fingerprint density at radius 2 is 2.21 bits per heavy atom. The molecule has 0 spiro atoms. The lowest BCUT2D eigenvalue weighted by molar-refractivity contribution is 0.523. The van der Waals surface area contributed by atoms with E-state index in [1.165, 1.54) is 25.7 Å². The van der Waals surface area contributed by atoms with Gasteiger partial charge in [0, 0.05) is 38.4 Å². The number of nitrogens with one attached hydrogen (secondary N) is 1. The predicted molar refractivity (Wildman–Crippen MR) is 72.9 cm³/mol. The number of hydrogen-bond donors (Lipinski definition) is 1. The Labute approximate surface area is 112 Å². The molecule has 1 aliphatic carbocycles. The van der Waals surface area contributed by atoms with E-state index in [0.29, 0.717) is 6.04 Å². The minimum atomic E-state index is 0.625. The molecule has 2 heterocycles. The number of hydrogen-bond acceptors (Lipinski definition) is 4. The normalized spacial score (nSPS) is 16.1. The molecule has 1 N–H and O–H groups in total. The molecule has 0 amide bonds. The quantitative estimate of drug-likeness (QED) is 0.890. The highest BCUT2D eigenvalue weighted by Crippen LogP contribution is 2.31. The predicted octanol–water partition coefficient (Wildman–Crippen LogP) is 1.78. The molecule has 1 saturated carbocycles. The van der Waals surface area contributed by atoms with E-state index in [9.17, 15) is 0 Å². The van der Waals surface area contributed by atoms with Gasteiger partial charge in [-0.05, 0) is 12.8 Å². The van der Waals surface area contributed by atoms with Crippen molar-refractivity contribution < 1.29 is 0 Å². The molecule has 0 aliphatic heterocycles. The molecule has 0 saturated heterocycles. The van der Waals surface area contributed by atoms with Gasteiger partial charge in [-0.2, -0.15) is 0 Å². The number of anilines is 1. The minimum Gasteiger partial charge on any atom is -0.355 e. The van der Waals surface area contributed by atoms with Crippen LogP contribution in [0.25, 0.3) is 0 Å². The highest BCUT2D eigenvalue weighted by atomic mass is 15.3. The van der Waals surface area contributed by atoms with Gasteiger partial charge < -0.3 is 14.5 Å². The summed E-state index contributed by atoms with van der Waals surface area (Å²) in [5.41, 5.74) is 0. The van der Waals surface area contributed by atoms with Crippen LogP contribution in [0.3, 0.4) is 0 Å². The van der Waals surface area contributed by atoms with Gasteiger partial charge in [-0.3, -0.25) is 0 Å². The lowest BCUT2D eigenvalue weighted by Crippen LogP contribution is -2.14. The number of nitrogens with zero attached hydrogens (tertiary/aromatic N) is 5. The molecule has 3 rings (SSSR count). The van der Waals surface area contributed by atoms with E-state index in [2.05, 4.69) is 31.3 Å². The van der Waals surface area contributed by atoms with Crippen molar-refractivity contribution in [2.75, 3.05) is 11.9 Å². The molecule has 0 bridgehead atoms. The van der Waals surface area contributed by atoms with Crippen molar-refractivity contribution in [1.29, 1.82) is 0 Å². The summed E-state index contributed by atoms with van der Waals surface area (Å²) >= 11 is 0. The first-order valence-corrected chi connectivity index (χ1v) is 6.94. The first-order chi connectivity index (χ1) is 9.34. The van der Waals surface area contributed by atoms with E-state index in [1.54, 1.807) is 6.33 Å².